The molecule has 1 aliphatic heterocycles. The molecule has 8 N–H and O–H groups in total. The van der Waals surface area contributed by atoms with Crippen LogP contribution in [-0.4, -0.2) is 108 Å². The van der Waals surface area contributed by atoms with Gasteiger partial charge in [-0.25, -0.2) is 9.59 Å². The fraction of sp³-hybridized carbons (Fsp3) is 0.525. The Morgan fingerprint density at radius 2 is 1.46 bits per heavy atom. The van der Waals surface area contributed by atoms with Crippen molar-refractivity contribution >= 4 is 41.6 Å². The van der Waals surface area contributed by atoms with Crippen LogP contribution in [0.15, 0.2) is 60.7 Å². The number of amides is 6. The second kappa shape index (κ2) is 22.9. The molecule has 0 radical (unpaired) electrons. The molecule has 0 bridgehead atoms. The highest BCUT2D eigenvalue weighted by Gasteiger charge is 2.39. The van der Waals surface area contributed by atoms with Gasteiger partial charge in [-0.1, -0.05) is 94.8 Å². The zero-order valence-electron chi connectivity index (χ0n) is 33.2. The summed E-state index contributed by atoms with van der Waals surface area (Å²) in [7, 11) is 1.23. The van der Waals surface area contributed by atoms with E-state index in [0.29, 0.717) is 36.9 Å². The molecule has 57 heavy (non-hydrogen) atoms. The third-order valence-electron chi connectivity index (χ3n) is 9.79. The number of ether oxygens (including phenoxy) is 2. The quantitative estimate of drug-likeness (QED) is 0.0864. The molecule has 17 heteroatoms. The summed E-state index contributed by atoms with van der Waals surface area (Å²) in [5, 5.41) is 24.4. The fourth-order valence-corrected chi connectivity index (χ4v) is 6.33. The van der Waals surface area contributed by atoms with Gasteiger partial charge in [0, 0.05) is 13.0 Å². The Morgan fingerprint density at radius 1 is 0.825 bits per heavy atom. The van der Waals surface area contributed by atoms with Crippen LogP contribution >= 0.6 is 0 Å². The van der Waals surface area contributed by atoms with Gasteiger partial charge in [-0.05, 0) is 35.8 Å². The number of carbonyl (C=O) groups is 7. The fourth-order valence-electron chi connectivity index (χ4n) is 6.33. The van der Waals surface area contributed by atoms with Crippen LogP contribution in [0.4, 0.5) is 4.79 Å². The number of esters is 1. The first kappa shape index (κ1) is 45.8. The van der Waals surface area contributed by atoms with Gasteiger partial charge >= 0.3 is 12.1 Å². The molecular formula is C40H57N7O10. The van der Waals surface area contributed by atoms with Crippen LogP contribution in [0.2, 0.25) is 0 Å². The second-order valence-electron chi connectivity index (χ2n) is 14.4. The molecule has 2 aromatic rings. The average Bonchev–Trinajstić information content (AvgIpc) is 3.70. The van der Waals surface area contributed by atoms with Crippen molar-refractivity contribution in [3.05, 3.63) is 71.8 Å². The van der Waals surface area contributed by atoms with Crippen LogP contribution in [0.1, 0.15) is 64.5 Å². The lowest BCUT2D eigenvalue weighted by atomic mass is 9.96. The van der Waals surface area contributed by atoms with E-state index in [4.69, 9.17) is 15.2 Å². The van der Waals surface area contributed by atoms with Gasteiger partial charge in [0.2, 0.25) is 29.5 Å². The molecule has 1 saturated heterocycles. The molecular weight excluding hydrogens is 738 g/mol. The number of nitrogens with one attached hydrogen (secondary N) is 5. The molecule has 1 fully saturated rings. The standard InChI is InChI=1S/C40H57N7O10/c1-6-25(4)34(38(53)45-33(24(2)3)39(54)56-5)46-37(52)30-18-13-19-47(30)32(49)22-42-35(50)28(20-26-14-9-7-10-15-26)43-36(51)29(21-31(41)48)44-40(55)57-23-27-16-11-8-12-17-27/h7-12,14-17,24-25,28-30,32-34,49H,6,13,18-23H2,1-5H3,(H2,41,48)(H,42,50)(H,43,51)(H,44,55)(H,45,53)(H,46,52)/t25-,28-,29-,30-,32?,33-,34-/m0/s1. The molecule has 0 aliphatic carbocycles. The van der Waals surface area contributed by atoms with Crippen molar-refractivity contribution in [1.29, 1.82) is 0 Å². The molecule has 0 saturated carbocycles. The Morgan fingerprint density at radius 3 is 2.04 bits per heavy atom. The maximum Gasteiger partial charge on any atom is 0.408 e. The summed E-state index contributed by atoms with van der Waals surface area (Å²) in [5.74, 6) is -4.65. The van der Waals surface area contributed by atoms with Gasteiger partial charge in [-0.2, -0.15) is 0 Å². The number of alkyl carbamates (subject to hydrolysis) is 1. The predicted octanol–water partition coefficient (Wildman–Crippen LogP) is 0.628. The van der Waals surface area contributed by atoms with E-state index < -0.39 is 84.5 Å². The summed E-state index contributed by atoms with van der Waals surface area (Å²) in [6, 6.07) is 12.2. The smallest absolute Gasteiger partial charge is 0.408 e. The minimum Gasteiger partial charge on any atom is -0.467 e. The van der Waals surface area contributed by atoms with Crippen LogP contribution in [-0.2, 0) is 51.3 Å². The molecule has 0 spiro atoms. The summed E-state index contributed by atoms with van der Waals surface area (Å²) in [5.41, 5.74) is 6.76. The van der Waals surface area contributed by atoms with E-state index in [1.807, 2.05) is 6.92 Å². The second-order valence-corrected chi connectivity index (χ2v) is 14.4. The third kappa shape index (κ3) is 14.5. The first-order chi connectivity index (χ1) is 27.1. The molecule has 1 aliphatic rings. The van der Waals surface area contributed by atoms with Crippen LogP contribution in [0.3, 0.4) is 0 Å². The van der Waals surface area contributed by atoms with E-state index in [1.165, 1.54) is 12.0 Å². The van der Waals surface area contributed by atoms with E-state index in [9.17, 15) is 38.7 Å². The van der Waals surface area contributed by atoms with E-state index in [1.54, 1.807) is 81.4 Å². The van der Waals surface area contributed by atoms with Gasteiger partial charge < -0.3 is 46.9 Å². The Hall–Kier alpha value is -5.55. The van der Waals surface area contributed by atoms with Gasteiger partial charge in [0.25, 0.3) is 0 Å². The van der Waals surface area contributed by atoms with E-state index in [2.05, 4.69) is 26.6 Å². The van der Waals surface area contributed by atoms with Crippen LogP contribution in [0, 0.1) is 11.8 Å². The Bertz CT molecular complexity index is 1660. The minimum absolute atomic E-state index is 0.0116. The summed E-state index contributed by atoms with van der Waals surface area (Å²) in [6.07, 6.45) is -1.40. The molecule has 3 rings (SSSR count). The number of hydrogen-bond donors (Lipinski definition) is 7. The highest BCUT2D eigenvalue weighted by molar-refractivity contribution is 5.94. The number of primary amides is 1. The summed E-state index contributed by atoms with van der Waals surface area (Å²) < 4.78 is 10.0. The normalized spacial score (nSPS) is 17.1. The number of nitrogens with two attached hydrogens (primary N) is 1. The largest absolute Gasteiger partial charge is 0.467 e. The van der Waals surface area contributed by atoms with Crippen molar-refractivity contribution in [1.82, 2.24) is 31.5 Å². The number of aliphatic hydroxyl groups is 1. The molecule has 1 heterocycles. The number of benzene rings is 2. The molecule has 1 unspecified atom stereocenters. The van der Waals surface area contributed by atoms with Gasteiger partial charge in [-0.3, -0.25) is 28.9 Å². The number of likely N-dealkylation sites (tertiary alicyclic amines) is 1. The SMILES string of the molecule is CC[C@H](C)[C@H](NC(=O)[C@@H]1CCCN1C(O)CNC(=O)[C@H](Cc1ccccc1)NC(=O)[C@H](CC(N)=O)NC(=O)OCc1ccccc1)C(=O)N[C@H](C(=O)OC)C(C)C. The van der Waals surface area contributed by atoms with Gasteiger partial charge in [0.05, 0.1) is 26.1 Å². The predicted molar refractivity (Wildman–Crippen MR) is 208 cm³/mol. The molecule has 0 aromatic heterocycles. The van der Waals surface area contributed by atoms with Crippen LogP contribution in [0.5, 0.6) is 0 Å². The molecule has 2 aromatic carbocycles. The first-order valence-corrected chi connectivity index (χ1v) is 19.1. The van der Waals surface area contributed by atoms with Crippen molar-refractivity contribution in [3.63, 3.8) is 0 Å². The summed E-state index contributed by atoms with van der Waals surface area (Å²) >= 11 is 0. The maximum absolute atomic E-state index is 13.7. The lowest BCUT2D eigenvalue weighted by molar-refractivity contribution is -0.147. The highest BCUT2D eigenvalue weighted by Crippen LogP contribution is 2.21. The number of rotatable bonds is 21. The number of aliphatic hydroxyl groups excluding tert-OH is 1. The molecule has 17 nitrogen and oxygen atoms in total. The van der Waals surface area contributed by atoms with E-state index >= 15 is 0 Å². The number of carbonyl (C=O) groups excluding carboxylic acids is 7. The number of methoxy groups -OCH3 is 1. The van der Waals surface area contributed by atoms with Gasteiger partial charge in [-0.15, -0.1) is 0 Å². The van der Waals surface area contributed by atoms with Gasteiger partial charge in [0.1, 0.15) is 37.0 Å². The lowest BCUT2D eigenvalue weighted by Gasteiger charge is -2.32. The van der Waals surface area contributed by atoms with E-state index in [0.717, 1.165) is 0 Å². The first-order valence-electron chi connectivity index (χ1n) is 19.1. The van der Waals surface area contributed by atoms with E-state index in [-0.39, 0.29) is 31.4 Å². The minimum atomic E-state index is -1.47. The number of nitrogens with zero attached hydrogens (tertiary/aromatic N) is 1. The van der Waals surface area contributed by atoms with Crippen LogP contribution in [0.25, 0.3) is 0 Å². The molecule has 6 amide bonds. The van der Waals surface area contributed by atoms with Crippen molar-refractivity contribution in [3.8, 4) is 0 Å². The topological polar surface area (TPSA) is 248 Å². The Kier molecular flexibility index (Phi) is 18.4. The lowest BCUT2D eigenvalue weighted by Crippen LogP contribution is -2.59. The van der Waals surface area contributed by atoms with Crippen molar-refractivity contribution in [2.24, 2.45) is 17.6 Å². The summed E-state index contributed by atoms with van der Waals surface area (Å²) in [6.45, 7) is 7.09. The zero-order valence-corrected chi connectivity index (χ0v) is 33.2. The zero-order chi connectivity index (χ0) is 42.1. The maximum atomic E-state index is 13.7. The number of hydrogen-bond acceptors (Lipinski definition) is 11. The van der Waals surface area contributed by atoms with Crippen molar-refractivity contribution in [2.75, 3.05) is 20.2 Å². The van der Waals surface area contributed by atoms with Gasteiger partial charge in [0.15, 0.2) is 0 Å². The van der Waals surface area contributed by atoms with Crippen molar-refractivity contribution in [2.45, 2.75) is 103 Å². The third-order valence-corrected chi connectivity index (χ3v) is 9.79. The van der Waals surface area contributed by atoms with Crippen LogP contribution < -0.4 is 32.3 Å². The molecule has 7 atom stereocenters. The summed E-state index contributed by atoms with van der Waals surface area (Å²) in [4.78, 5) is 92.5. The Labute approximate surface area is 333 Å². The monoisotopic (exact) mass is 795 g/mol. The average molecular weight is 796 g/mol. The highest BCUT2D eigenvalue weighted by atomic mass is 16.5. The Balaban J connectivity index is 1.69. The van der Waals surface area contributed by atoms with Crippen molar-refractivity contribution < 1.29 is 48.1 Å². The molecule has 312 valence electrons.